The summed E-state index contributed by atoms with van der Waals surface area (Å²) in [6, 6.07) is 4.72. The first-order chi connectivity index (χ1) is 11.4. The van der Waals surface area contributed by atoms with Gasteiger partial charge in [-0.15, -0.1) is 0 Å². The van der Waals surface area contributed by atoms with Crippen molar-refractivity contribution in [3.63, 3.8) is 0 Å². The van der Waals surface area contributed by atoms with Crippen LogP contribution in [-0.2, 0) is 11.8 Å². The average Bonchev–Trinajstić information content (AvgIpc) is 2.57. The van der Waals surface area contributed by atoms with E-state index < -0.39 is 18.8 Å². The van der Waals surface area contributed by atoms with Crippen molar-refractivity contribution < 1.29 is 17.9 Å². The van der Waals surface area contributed by atoms with E-state index >= 15 is 0 Å². The first-order valence-corrected chi connectivity index (χ1v) is 7.28. The molecule has 0 N–H and O–H groups in total. The third kappa shape index (κ3) is 3.25. The average molecular weight is 340 g/mol. The maximum absolute atomic E-state index is 12.9. The van der Waals surface area contributed by atoms with Gasteiger partial charge in [-0.3, -0.25) is 14.3 Å². The fourth-order valence-electron chi connectivity index (χ4n) is 2.51. The Labute approximate surface area is 135 Å². The number of anilines is 1. The van der Waals surface area contributed by atoms with Gasteiger partial charge in [0.1, 0.15) is 0 Å². The summed E-state index contributed by atoms with van der Waals surface area (Å²) in [5.41, 5.74) is 0.719. The molecule has 2 aromatic heterocycles. The monoisotopic (exact) mass is 340 g/mol. The van der Waals surface area contributed by atoms with Crippen molar-refractivity contribution in [2.75, 3.05) is 24.6 Å². The third-order valence-electron chi connectivity index (χ3n) is 3.80. The van der Waals surface area contributed by atoms with Gasteiger partial charge in [0.15, 0.2) is 6.10 Å². The minimum Gasteiger partial charge on any atom is -0.365 e. The minimum atomic E-state index is -4.46. The summed E-state index contributed by atoms with van der Waals surface area (Å²) in [7, 11) is 1.49. The van der Waals surface area contributed by atoms with E-state index in [0.29, 0.717) is 11.3 Å². The number of rotatable bonds is 2. The van der Waals surface area contributed by atoms with Crippen LogP contribution in [0.3, 0.4) is 0 Å². The number of hydrogen-bond donors (Lipinski definition) is 0. The molecule has 1 aliphatic heterocycles. The second-order valence-electron chi connectivity index (χ2n) is 5.42. The van der Waals surface area contributed by atoms with E-state index in [0.717, 1.165) is 0 Å². The van der Waals surface area contributed by atoms with E-state index in [1.54, 1.807) is 24.5 Å². The minimum absolute atomic E-state index is 0.0838. The van der Waals surface area contributed by atoms with E-state index in [2.05, 4.69) is 9.97 Å². The van der Waals surface area contributed by atoms with Crippen LogP contribution < -0.4 is 10.5 Å². The molecule has 1 fully saturated rings. The van der Waals surface area contributed by atoms with Crippen molar-refractivity contribution in [1.29, 1.82) is 0 Å². The molecular formula is C15H15F3N4O2. The molecule has 0 amide bonds. The van der Waals surface area contributed by atoms with Gasteiger partial charge in [-0.25, -0.2) is 4.98 Å². The number of halogens is 3. The lowest BCUT2D eigenvalue weighted by Gasteiger charge is -2.35. The fourth-order valence-corrected chi connectivity index (χ4v) is 2.51. The second-order valence-corrected chi connectivity index (χ2v) is 5.42. The maximum Gasteiger partial charge on any atom is 0.416 e. The highest BCUT2D eigenvalue weighted by atomic mass is 19.4. The van der Waals surface area contributed by atoms with Crippen LogP contribution in [-0.4, -0.2) is 46.5 Å². The van der Waals surface area contributed by atoms with Crippen molar-refractivity contribution in [2.45, 2.75) is 12.3 Å². The van der Waals surface area contributed by atoms with Crippen molar-refractivity contribution in [2.24, 2.45) is 7.05 Å². The van der Waals surface area contributed by atoms with Crippen LogP contribution in [0.15, 0.2) is 35.4 Å². The lowest BCUT2D eigenvalue weighted by Crippen LogP contribution is -2.50. The summed E-state index contributed by atoms with van der Waals surface area (Å²) in [5, 5.41) is 0. The molecule has 1 atom stereocenters. The molecule has 0 aliphatic carbocycles. The lowest BCUT2D eigenvalue weighted by molar-refractivity contribution is -0.221. The topological polar surface area (TPSA) is 60.2 Å². The van der Waals surface area contributed by atoms with Gasteiger partial charge in [-0.05, 0) is 12.1 Å². The number of pyridine rings is 1. The number of hydrogen-bond acceptors (Lipinski definition) is 5. The summed E-state index contributed by atoms with van der Waals surface area (Å²) in [6.07, 6.45) is -3.24. The standard InChI is InChI=1S/C15H15F3N4O2/c1-21-13(23)8-11(10-2-4-19-5-3-10)20-14(21)22-6-7-24-12(9-22)15(16,17)18/h2-5,8,12H,6-7,9H2,1H3. The van der Waals surface area contributed by atoms with Gasteiger partial charge >= 0.3 is 6.18 Å². The third-order valence-corrected chi connectivity index (χ3v) is 3.80. The molecule has 0 spiro atoms. The van der Waals surface area contributed by atoms with E-state index in [9.17, 15) is 18.0 Å². The number of ether oxygens (including phenoxy) is 1. The highest BCUT2D eigenvalue weighted by Gasteiger charge is 2.44. The first kappa shape index (κ1) is 16.4. The largest absolute Gasteiger partial charge is 0.416 e. The van der Waals surface area contributed by atoms with Gasteiger partial charge in [-0.2, -0.15) is 13.2 Å². The van der Waals surface area contributed by atoms with Crippen LogP contribution >= 0.6 is 0 Å². The summed E-state index contributed by atoms with van der Waals surface area (Å²) in [5.74, 6) is 0.187. The number of aromatic nitrogens is 3. The van der Waals surface area contributed by atoms with Crippen LogP contribution in [0.2, 0.25) is 0 Å². The highest BCUT2D eigenvalue weighted by Crippen LogP contribution is 2.27. The predicted octanol–water partition coefficient (Wildman–Crippen LogP) is 1.61. The molecule has 3 rings (SSSR count). The van der Waals surface area contributed by atoms with Gasteiger partial charge in [0, 0.05) is 37.6 Å². The van der Waals surface area contributed by atoms with Crippen LogP contribution in [0.5, 0.6) is 0 Å². The molecule has 1 saturated heterocycles. The number of alkyl halides is 3. The second kappa shape index (κ2) is 6.23. The number of nitrogens with zero attached hydrogens (tertiary/aromatic N) is 4. The van der Waals surface area contributed by atoms with E-state index in [4.69, 9.17) is 4.74 Å². The van der Waals surface area contributed by atoms with Crippen LogP contribution in [0.4, 0.5) is 19.1 Å². The van der Waals surface area contributed by atoms with E-state index in [1.807, 2.05) is 0 Å². The summed E-state index contributed by atoms with van der Waals surface area (Å²) < 4.78 is 44.7. The maximum atomic E-state index is 12.9. The Morgan fingerprint density at radius 3 is 2.67 bits per heavy atom. The molecule has 24 heavy (non-hydrogen) atoms. The molecule has 3 heterocycles. The van der Waals surface area contributed by atoms with Gasteiger partial charge in [-0.1, -0.05) is 0 Å². The van der Waals surface area contributed by atoms with Crippen molar-refractivity contribution in [3.05, 3.63) is 40.9 Å². The molecule has 0 saturated carbocycles. The Hall–Kier alpha value is -2.42. The SMILES string of the molecule is Cn1c(N2CCOC(C(F)(F)F)C2)nc(-c2ccncc2)cc1=O. The van der Waals surface area contributed by atoms with E-state index in [1.165, 1.54) is 22.6 Å². The van der Waals surface area contributed by atoms with Gasteiger partial charge in [0.05, 0.1) is 18.8 Å². The Bertz CT molecular complexity index is 777. The van der Waals surface area contributed by atoms with Crippen LogP contribution in [0.25, 0.3) is 11.3 Å². The Balaban J connectivity index is 1.98. The number of morpholine rings is 1. The Morgan fingerprint density at radius 1 is 1.29 bits per heavy atom. The molecular weight excluding hydrogens is 325 g/mol. The van der Waals surface area contributed by atoms with Crippen LogP contribution in [0, 0.1) is 0 Å². The zero-order chi connectivity index (χ0) is 17.3. The normalized spacial score (nSPS) is 18.7. The molecule has 128 valence electrons. The molecule has 9 heteroatoms. The molecule has 6 nitrogen and oxygen atoms in total. The van der Waals surface area contributed by atoms with Gasteiger partial charge < -0.3 is 9.64 Å². The summed E-state index contributed by atoms with van der Waals surface area (Å²) in [6.45, 7) is -0.254. The first-order valence-electron chi connectivity index (χ1n) is 7.28. The van der Waals surface area contributed by atoms with E-state index in [-0.39, 0.29) is 24.7 Å². The molecule has 0 radical (unpaired) electrons. The van der Waals surface area contributed by atoms with Crippen molar-refractivity contribution in [1.82, 2.24) is 14.5 Å². The van der Waals surface area contributed by atoms with Crippen molar-refractivity contribution in [3.8, 4) is 11.3 Å². The zero-order valence-corrected chi connectivity index (χ0v) is 12.8. The Kier molecular flexibility index (Phi) is 4.27. The molecule has 2 aromatic rings. The zero-order valence-electron chi connectivity index (χ0n) is 12.8. The highest BCUT2D eigenvalue weighted by molar-refractivity contribution is 5.59. The molecule has 1 unspecified atom stereocenters. The molecule has 0 aromatic carbocycles. The quantitative estimate of drug-likeness (QED) is 0.831. The summed E-state index contributed by atoms with van der Waals surface area (Å²) >= 11 is 0. The van der Waals surface area contributed by atoms with Gasteiger partial charge in [0.2, 0.25) is 5.95 Å². The van der Waals surface area contributed by atoms with Crippen LogP contribution in [0.1, 0.15) is 0 Å². The molecule has 0 bridgehead atoms. The van der Waals surface area contributed by atoms with Gasteiger partial charge in [0.25, 0.3) is 5.56 Å². The summed E-state index contributed by atoms with van der Waals surface area (Å²) in [4.78, 5) is 21.9. The fraction of sp³-hybridized carbons (Fsp3) is 0.400. The molecule has 1 aliphatic rings. The van der Waals surface area contributed by atoms with Crippen molar-refractivity contribution >= 4 is 5.95 Å². The Morgan fingerprint density at radius 2 is 2.00 bits per heavy atom. The predicted molar refractivity (Wildman–Crippen MR) is 80.7 cm³/mol. The lowest BCUT2D eigenvalue weighted by atomic mass is 10.2. The smallest absolute Gasteiger partial charge is 0.365 e.